The molecule has 0 aliphatic carbocycles. The summed E-state index contributed by atoms with van der Waals surface area (Å²) in [5.41, 5.74) is 2.15. The first-order valence-corrected chi connectivity index (χ1v) is 9.96. The minimum Gasteiger partial charge on any atom is -0.493 e. The molecular formula is C23H30N2O3. The first-order valence-electron chi connectivity index (χ1n) is 9.96. The standard InChI is InChI=1S/C23H30N2O3/c1-27-21-9-8-20(17-22(21)28-2)24-23(26)12-15-25-13-10-19(11-14-25)16-18-6-4-3-5-7-18/h3-9,17,19H,10-16H2,1-2H3,(H,24,26). The summed E-state index contributed by atoms with van der Waals surface area (Å²) in [7, 11) is 3.18. The number of ether oxygens (including phenoxy) is 2. The van der Waals surface area contributed by atoms with Crippen LogP contribution in [0.1, 0.15) is 24.8 Å². The number of hydrogen-bond donors (Lipinski definition) is 1. The summed E-state index contributed by atoms with van der Waals surface area (Å²) in [6, 6.07) is 16.1. The summed E-state index contributed by atoms with van der Waals surface area (Å²) >= 11 is 0. The number of likely N-dealkylation sites (tertiary alicyclic amines) is 1. The van der Waals surface area contributed by atoms with Crippen LogP contribution in [0.15, 0.2) is 48.5 Å². The Labute approximate surface area is 167 Å². The summed E-state index contributed by atoms with van der Waals surface area (Å²) in [6.07, 6.45) is 4.06. The number of benzene rings is 2. The van der Waals surface area contributed by atoms with Crippen LogP contribution in [0.4, 0.5) is 5.69 Å². The monoisotopic (exact) mass is 382 g/mol. The number of anilines is 1. The highest BCUT2D eigenvalue weighted by molar-refractivity contribution is 5.91. The van der Waals surface area contributed by atoms with Crippen LogP contribution in [-0.4, -0.2) is 44.7 Å². The molecule has 0 aromatic heterocycles. The van der Waals surface area contributed by atoms with Crippen LogP contribution in [-0.2, 0) is 11.2 Å². The Kier molecular flexibility index (Phi) is 7.31. The Hall–Kier alpha value is -2.53. The van der Waals surface area contributed by atoms with Crippen molar-refractivity contribution >= 4 is 11.6 Å². The van der Waals surface area contributed by atoms with E-state index in [2.05, 4.69) is 40.5 Å². The van der Waals surface area contributed by atoms with Gasteiger partial charge < -0.3 is 19.7 Å². The van der Waals surface area contributed by atoms with E-state index in [1.165, 1.54) is 18.4 Å². The number of amides is 1. The Morgan fingerprint density at radius 1 is 1.04 bits per heavy atom. The van der Waals surface area contributed by atoms with E-state index in [-0.39, 0.29) is 5.91 Å². The highest BCUT2D eigenvalue weighted by atomic mass is 16.5. The average Bonchev–Trinajstić information content (AvgIpc) is 2.74. The van der Waals surface area contributed by atoms with Gasteiger partial charge in [-0.1, -0.05) is 30.3 Å². The van der Waals surface area contributed by atoms with Gasteiger partial charge in [-0.2, -0.15) is 0 Å². The van der Waals surface area contributed by atoms with Crippen molar-refractivity contribution in [3.05, 3.63) is 54.1 Å². The lowest BCUT2D eigenvalue weighted by Crippen LogP contribution is -2.36. The summed E-state index contributed by atoms with van der Waals surface area (Å²) in [5.74, 6) is 2.04. The van der Waals surface area contributed by atoms with Gasteiger partial charge in [0.25, 0.3) is 0 Å². The minimum atomic E-state index is 0.0265. The molecule has 0 unspecified atom stereocenters. The fourth-order valence-corrected chi connectivity index (χ4v) is 3.76. The van der Waals surface area contributed by atoms with Crippen molar-refractivity contribution in [1.29, 1.82) is 0 Å². The van der Waals surface area contributed by atoms with Gasteiger partial charge in [0.15, 0.2) is 11.5 Å². The molecule has 0 radical (unpaired) electrons. The molecule has 28 heavy (non-hydrogen) atoms. The third kappa shape index (κ3) is 5.73. The Morgan fingerprint density at radius 3 is 2.43 bits per heavy atom. The fourth-order valence-electron chi connectivity index (χ4n) is 3.76. The quantitative estimate of drug-likeness (QED) is 0.750. The van der Waals surface area contributed by atoms with Crippen molar-refractivity contribution in [2.45, 2.75) is 25.7 Å². The van der Waals surface area contributed by atoms with Gasteiger partial charge in [-0.15, -0.1) is 0 Å². The first kappa shape index (κ1) is 20.2. The van der Waals surface area contributed by atoms with Crippen molar-refractivity contribution in [2.75, 3.05) is 39.2 Å². The fraction of sp³-hybridized carbons (Fsp3) is 0.435. The van der Waals surface area contributed by atoms with E-state index in [1.54, 1.807) is 26.4 Å². The number of carbonyl (C=O) groups excluding carboxylic acids is 1. The number of nitrogens with one attached hydrogen (secondary N) is 1. The normalized spacial score (nSPS) is 15.2. The van der Waals surface area contributed by atoms with E-state index in [9.17, 15) is 4.79 Å². The molecule has 2 aromatic rings. The highest BCUT2D eigenvalue weighted by Gasteiger charge is 2.20. The number of methoxy groups -OCH3 is 2. The number of nitrogens with zero attached hydrogens (tertiary/aromatic N) is 1. The summed E-state index contributed by atoms with van der Waals surface area (Å²) in [6.45, 7) is 2.94. The molecule has 0 saturated carbocycles. The van der Waals surface area contributed by atoms with E-state index >= 15 is 0 Å². The molecule has 1 aliphatic rings. The molecular weight excluding hydrogens is 352 g/mol. The SMILES string of the molecule is COc1ccc(NC(=O)CCN2CCC(Cc3ccccc3)CC2)cc1OC. The topological polar surface area (TPSA) is 50.8 Å². The molecule has 150 valence electrons. The molecule has 0 bridgehead atoms. The zero-order valence-corrected chi connectivity index (χ0v) is 16.8. The van der Waals surface area contributed by atoms with Crippen LogP contribution in [0, 0.1) is 5.92 Å². The van der Waals surface area contributed by atoms with Gasteiger partial charge in [0.2, 0.25) is 5.91 Å². The average molecular weight is 383 g/mol. The highest BCUT2D eigenvalue weighted by Crippen LogP contribution is 2.29. The maximum atomic E-state index is 12.3. The number of hydrogen-bond acceptors (Lipinski definition) is 4. The van der Waals surface area contributed by atoms with Crippen LogP contribution < -0.4 is 14.8 Å². The molecule has 1 N–H and O–H groups in total. The number of rotatable bonds is 8. The lowest BCUT2D eigenvalue weighted by molar-refractivity contribution is -0.116. The van der Waals surface area contributed by atoms with E-state index in [0.29, 0.717) is 17.9 Å². The first-order chi connectivity index (χ1) is 13.7. The number of carbonyl (C=O) groups is 1. The van der Waals surface area contributed by atoms with Crippen LogP contribution in [0.3, 0.4) is 0 Å². The second-order valence-electron chi connectivity index (χ2n) is 7.34. The van der Waals surface area contributed by atoms with Crippen molar-refractivity contribution in [1.82, 2.24) is 4.90 Å². The number of piperidine rings is 1. The summed E-state index contributed by atoms with van der Waals surface area (Å²) in [4.78, 5) is 14.7. The van der Waals surface area contributed by atoms with Gasteiger partial charge in [0.1, 0.15) is 0 Å². The summed E-state index contributed by atoms with van der Waals surface area (Å²) in [5, 5.41) is 2.95. The maximum absolute atomic E-state index is 12.3. The second-order valence-corrected chi connectivity index (χ2v) is 7.34. The lowest BCUT2D eigenvalue weighted by Gasteiger charge is -2.31. The third-order valence-electron chi connectivity index (χ3n) is 5.40. The molecule has 1 heterocycles. The van der Waals surface area contributed by atoms with Crippen molar-refractivity contribution in [3.8, 4) is 11.5 Å². The lowest BCUT2D eigenvalue weighted by atomic mass is 9.90. The minimum absolute atomic E-state index is 0.0265. The maximum Gasteiger partial charge on any atom is 0.225 e. The molecule has 2 aromatic carbocycles. The predicted octanol–water partition coefficient (Wildman–Crippen LogP) is 3.99. The second kappa shape index (κ2) is 10.1. The van der Waals surface area contributed by atoms with Crippen molar-refractivity contribution in [3.63, 3.8) is 0 Å². The molecule has 0 atom stereocenters. The Balaban J connectivity index is 1.40. The molecule has 5 heteroatoms. The van der Waals surface area contributed by atoms with Crippen molar-refractivity contribution in [2.24, 2.45) is 5.92 Å². The molecule has 1 saturated heterocycles. The van der Waals surface area contributed by atoms with Gasteiger partial charge in [0, 0.05) is 24.7 Å². The molecule has 1 amide bonds. The van der Waals surface area contributed by atoms with Crippen LogP contribution >= 0.6 is 0 Å². The zero-order valence-electron chi connectivity index (χ0n) is 16.8. The summed E-state index contributed by atoms with van der Waals surface area (Å²) < 4.78 is 10.5. The van der Waals surface area contributed by atoms with E-state index in [4.69, 9.17) is 9.47 Å². The van der Waals surface area contributed by atoms with Crippen LogP contribution in [0.5, 0.6) is 11.5 Å². The molecule has 5 nitrogen and oxygen atoms in total. The smallest absolute Gasteiger partial charge is 0.225 e. The Bertz CT molecular complexity index is 756. The van der Waals surface area contributed by atoms with E-state index in [0.717, 1.165) is 37.7 Å². The van der Waals surface area contributed by atoms with Gasteiger partial charge in [0.05, 0.1) is 14.2 Å². The van der Waals surface area contributed by atoms with E-state index < -0.39 is 0 Å². The van der Waals surface area contributed by atoms with Gasteiger partial charge in [-0.05, 0) is 56.0 Å². The van der Waals surface area contributed by atoms with Gasteiger partial charge in [-0.25, -0.2) is 0 Å². The van der Waals surface area contributed by atoms with Crippen molar-refractivity contribution < 1.29 is 14.3 Å². The molecule has 3 rings (SSSR count). The van der Waals surface area contributed by atoms with Gasteiger partial charge in [-0.3, -0.25) is 4.79 Å². The van der Waals surface area contributed by atoms with E-state index in [1.807, 2.05) is 6.07 Å². The molecule has 1 aliphatic heterocycles. The third-order valence-corrected chi connectivity index (χ3v) is 5.40. The largest absolute Gasteiger partial charge is 0.493 e. The van der Waals surface area contributed by atoms with Crippen LogP contribution in [0.25, 0.3) is 0 Å². The van der Waals surface area contributed by atoms with Gasteiger partial charge >= 0.3 is 0 Å². The molecule has 0 spiro atoms. The zero-order chi connectivity index (χ0) is 19.8. The predicted molar refractivity (Wildman–Crippen MR) is 112 cm³/mol. The Morgan fingerprint density at radius 2 is 1.75 bits per heavy atom. The van der Waals surface area contributed by atoms with Crippen LogP contribution in [0.2, 0.25) is 0 Å². The molecule has 1 fully saturated rings.